The largest absolute Gasteiger partial charge is 0.313 e. The van der Waals surface area contributed by atoms with Crippen molar-refractivity contribution >= 4 is 17.3 Å². The van der Waals surface area contributed by atoms with Crippen molar-refractivity contribution in [1.29, 1.82) is 0 Å². The Hall–Kier alpha value is -2.49. The van der Waals surface area contributed by atoms with E-state index in [2.05, 4.69) is 4.99 Å². The molecule has 21 heavy (non-hydrogen) atoms. The van der Waals surface area contributed by atoms with Gasteiger partial charge < -0.3 is 4.90 Å². The van der Waals surface area contributed by atoms with Crippen LogP contribution in [0.1, 0.15) is 16.7 Å². The molecule has 2 aromatic rings. The molecular formula is C17H15FN2O. The minimum atomic E-state index is -0.333. The zero-order chi connectivity index (χ0) is 15.0. The molecule has 0 fully saturated rings. The molecule has 1 aliphatic heterocycles. The predicted octanol–water partition coefficient (Wildman–Crippen LogP) is 2.95. The molecular weight excluding hydrogens is 267 g/mol. The number of aliphatic imine (C=N–C) groups is 1. The molecule has 0 bridgehead atoms. The molecule has 0 N–H and O–H groups in total. The van der Waals surface area contributed by atoms with Crippen LogP contribution < -0.4 is 4.90 Å². The molecule has 1 amide bonds. The minimum absolute atomic E-state index is 0.0217. The summed E-state index contributed by atoms with van der Waals surface area (Å²) >= 11 is 0. The predicted molar refractivity (Wildman–Crippen MR) is 81.5 cm³/mol. The van der Waals surface area contributed by atoms with Gasteiger partial charge in [0.1, 0.15) is 12.4 Å². The number of likely N-dealkylation sites (N-methyl/N-ethyl adjacent to an activating group) is 1. The Bertz CT molecular complexity index is 752. The smallest absolute Gasteiger partial charge is 0.248 e. The standard InChI is InChI=1S/C17H15FN2O/c1-11-7-8-15-13(9-11)17(19-10-16(21)20(15)2)12-5-3-4-6-14(12)18/h3-9H,10H2,1-2H3. The topological polar surface area (TPSA) is 32.7 Å². The maximum Gasteiger partial charge on any atom is 0.248 e. The zero-order valence-corrected chi connectivity index (χ0v) is 11.9. The van der Waals surface area contributed by atoms with Crippen molar-refractivity contribution in [3.05, 3.63) is 65.0 Å². The van der Waals surface area contributed by atoms with Crippen molar-refractivity contribution in [2.24, 2.45) is 4.99 Å². The molecule has 4 heteroatoms. The monoisotopic (exact) mass is 282 g/mol. The SMILES string of the molecule is Cc1ccc2c(c1)C(c1ccccc1F)=NCC(=O)N2C. The third-order valence-electron chi connectivity index (χ3n) is 3.64. The second kappa shape index (κ2) is 5.13. The first kappa shape index (κ1) is 13.5. The summed E-state index contributed by atoms with van der Waals surface area (Å²) in [4.78, 5) is 18.0. The Labute approximate surface area is 122 Å². The van der Waals surface area contributed by atoms with Gasteiger partial charge in [0.25, 0.3) is 0 Å². The van der Waals surface area contributed by atoms with Gasteiger partial charge in [-0.3, -0.25) is 9.79 Å². The second-order valence-corrected chi connectivity index (χ2v) is 5.12. The van der Waals surface area contributed by atoms with E-state index in [1.807, 2.05) is 25.1 Å². The lowest BCUT2D eigenvalue weighted by molar-refractivity contribution is -0.116. The van der Waals surface area contributed by atoms with Crippen LogP contribution in [-0.4, -0.2) is 25.2 Å². The molecule has 0 saturated heterocycles. The maximum absolute atomic E-state index is 14.1. The van der Waals surface area contributed by atoms with Crippen LogP contribution in [0.5, 0.6) is 0 Å². The highest BCUT2D eigenvalue weighted by molar-refractivity contribution is 6.19. The number of carbonyl (C=O) groups excluding carboxylic acids is 1. The fourth-order valence-electron chi connectivity index (χ4n) is 2.49. The van der Waals surface area contributed by atoms with Crippen LogP contribution in [0.4, 0.5) is 10.1 Å². The Balaban J connectivity index is 2.26. The first-order chi connectivity index (χ1) is 10.1. The van der Waals surface area contributed by atoms with Gasteiger partial charge in [-0.1, -0.05) is 23.8 Å². The van der Waals surface area contributed by atoms with E-state index in [0.29, 0.717) is 11.3 Å². The lowest BCUT2D eigenvalue weighted by Gasteiger charge is -2.18. The van der Waals surface area contributed by atoms with Crippen LogP contribution in [0.3, 0.4) is 0 Å². The van der Waals surface area contributed by atoms with Crippen molar-refractivity contribution in [3.8, 4) is 0 Å². The van der Waals surface area contributed by atoms with Gasteiger partial charge in [0, 0.05) is 18.2 Å². The first-order valence-corrected chi connectivity index (χ1v) is 6.75. The van der Waals surface area contributed by atoms with Crippen LogP contribution >= 0.6 is 0 Å². The zero-order valence-electron chi connectivity index (χ0n) is 11.9. The number of hydrogen-bond donors (Lipinski definition) is 0. The third kappa shape index (κ3) is 2.33. The van der Waals surface area contributed by atoms with E-state index in [1.165, 1.54) is 6.07 Å². The van der Waals surface area contributed by atoms with Gasteiger partial charge in [0.05, 0.1) is 11.4 Å². The van der Waals surface area contributed by atoms with Gasteiger partial charge in [0.15, 0.2) is 0 Å². The summed E-state index contributed by atoms with van der Waals surface area (Å²) in [6.45, 7) is 1.99. The van der Waals surface area contributed by atoms with Crippen LogP contribution in [0.2, 0.25) is 0 Å². The summed E-state index contributed by atoms with van der Waals surface area (Å²) in [5.41, 5.74) is 3.54. The van der Waals surface area contributed by atoms with Gasteiger partial charge in [-0.05, 0) is 31.2 Å². The molecule has 0 unspecified atom stereocenters. The highest BCUT2D eigenvalue weighted by Gasteiger charge is 2.23. The second-order valence-electron chi connectivity index (χ2n) is 5.12. The Kier molecular flexibility index (Phi) is 3.29. The van der Waals surface area contributed by atoms with Gasteiger partial charge in [-0.2, -0.15) is 0 Å². The summed E-state index contributed by atoms with van der Waals surface area (Å²) in [6.07, 6.45) is 0. The van der Waals surface area contributed by atoms with Crippen molar-refractivity contribution in [2.45, 2.75) is 6.92 Å². The van der Waals surface area contributed by atoms with Crippen LogP contribution in [0.25, 0.3) is 0 Å². The summed E-state index contributed by atoms with van der Waals surface area (Å²) in [6, 6.07) is 12.3. The van der Waals surface area contributed by atoms with Crippen LogP contribution in [-0.2, 0) is 4.79 Å². The molecule has 0 aromatic heterocycles. The molecule has 1 heterocycles. The molecule has 0 radical (unpaired) electrons. The molecule has 0 saturated carbocycles. The lowest BCUT2D eigenvalue weighted by atomic mass is 9.98. The number of fused-ring (bicyclic) bond motifs is 1. The van der Waals surface area contributed by atoms with E-state index in [4.69, 9.17) is 0 Å². The number of rotatable bonds is 1. The van der Waals surface area contributed by atoms with E-state index >= 15 is 0 Å². The number of halogens is 1. The molecule has 0 spiro atoms. The molecule has 2 aromatic carbocycles. The Morgan fingerprint density at radius 2 is 1.90 bits per heavy atom. The third-order valence-corrected chi connectivity index (χ3v) is 3.64. The number of nitrogens with zero attached hydrogens (tertiary/aromatic N) is 2. The van der Waals surface area contributed by atoms with Gasteiger partial charge in [-0.25, -0.2) is 4.39 Å². The molecule has 3 nitrogen and oxygen atoms in total. The fourth-order valence-corrected chi connectivity index (χ4v) is 2.49. The van der Waals surface area contributed by atoms with Crippen LogP contribution in [0, 0.1) is 12.7 Å². The number of benzodiazepines with no additional fused rings is 1. The molecule has 106 valence electrons. The quantitative estimate of drug-likeness (QED) is 0.791. The Morgan fingerprint density at radius 1 is 1.14 bits per heavy atom. The van der Waals surface area contributed by atoms with Crippen molar-refractivity contribution in [3.63, 3.8) is 0 Å². The number of benzene rings is 2. The Morgan fingerprint density at radius 3 is 2.67 bits per heavy atom. The number of aryl methyl sites for hydroxylation is 1. The number of carbonyl (C=O) groups is 1. The molecule has 0 aliphatic carbocycles. The van der Waals surface area contributed by atoms with E-state index in [9.17, 15) is 9.18 Å². The van der Waals surface area contributed by atoms with Gasteiger partial charge in [0.2, 0.25) is 5.91 Å². The number of hydrogen-bond acceptors (Lipinski definition) is 2. The number of anilines is 1. The average molecular weight is 282 g/mol. The highest BCUT2D eigenvalue weighted by Crippen LogP contribution is 2.27. The van der Waals surface area contributed by atoms with Crippen LogP contribution in [0.15, 0.2) is 47.5 Å². The highest BCUT2D eigenvalue weighted by atomic mass is 19.1. The average Bonchev–Trinajstić information content (AvgIpc) is 2.59. The molecule has 0 atom stereocenters. The number of amides is 1. The van der Waals surface area contributed by atoms with E-state index in [-0.39, 0.29) is 18.3 Å². The van der Waals surface area contributed by atoms with Crippen molar-refractivity contribution in [2.75, 3.05) is 18.5 Å². The van der Waals surface area contributed by atoms with Crippen molar-refractivity contribution < 1.29 is 9.18 Å². The van der Waals surface area contributed by atoms with Gasteiger partial charge in [-0.15, -0.1) is 0 Å². The lowest BCUT2D eigenvalue weighted by Crippen LogP contribution is -2.27. The summed E-state index contributed by atoms with van der Waals surface area (Å²) in [7, 11) is 1.72. The molecule has 3 rings (SSSR count). The van der Waals surface area contributed by atoms with E-state index in [1.54, 1.807) is 30.1 Å². The fraction of sp³-hybridized carbons (Fsp3) is 0.176. The van der Waals surface area contributed by atoms with Gasteiger partial charge >= 0.3 is 0 Å². The summed E-state index contributed by atoms with van der Waals surface area (Å²) in [5, 5.41) is 0. The van der Waals surface area contributed by atoms with E-state index in [0.717, 1.165) is 16.8 Å². The van der Waals surface area contributed by atoms with E-state index < -0.39 is 0 Å². The normalized spacial score (nSPS) is 14.5. The summed E-state index contributed by atoms with van der Waals surface area (Å²) in [5.74, 6) is -0.438. The molecule has 1 aliphatic rings. The van der Waals surface area contributed by atoms with Crippen molar-refractivity contribution in [1.82, 2.24) is 0 Å². The first-order valence-electron chi connectivity index (χ1n) is 6.75. The minimum Gasteiger partial charge on any atom is -0.313 e. The maximum atomic E-state index is 14.1. The summed E-state index contributed by atoms with van der Waals surface area (Å²) < 4.78 is 14.1.